The van der Waals surface area contributed by atoms with Gasteiger partial charge >= 0.3 is 21.1 Å². The Morgan fingerprint density at radius 3 is 2.52 bits per heavy atom. The number of hydrogen-bond acceptors (Lipinski definition) is 4. The second-order valence-corrected chi connectivity index (χ2v) is 12.3. The minimum Gasteiger partial charge on any atom is -0.512 e. The number of aryl methyl sites for hydroxylation is 1. The molecule has 6 heteroatoms. The average molecular weight is 737 g/mol. The van der Waals surface area contributed by atoms with Gasteiger partial charge in [0.25, 0.3) is 0 Å². The number of benzene rings is 3. The summed E-state index contributed by atoms with van der Waals surface area (Å²) in [5, 5.41) is 2.26. The van der Waals surface area contributed by atoms with Crippen molar-refractivity contribution in [3.63, 3.8) is 0 Å². The molecule has 0 bridgehead atoms. The van der Waals surface area contributed by atoms with Crippen LogP contribution in [0.2, 0.25) is 0 Å². The Bertz CT molecular complexity index is 1840. The molecule has 1 aliphatic carbocycles. The van der Waals surface area contributed by atoms with E-state index in [-0.39, 0.29) is 32.2 Å². The van der Waals surface area contributed by atoms with Crippen molar-refractivity contribution in [1.29, 1.82) is 0 Å². The van der Waals surface area contributed by atoms with Crippen LogP contribution in [-0.4, -0.2) is 26.6 Å². The largest absolute Gasteiger partial charge is 2.00 e. The molecule has 1 fully saturated rings. The standard InChI is InChI=1S/C36H35N3O2.Pt/c1-23(2)25-19-26(34-38-35(4)15-8-9-16-36(35,5)41-34)21-28(20-25)40-27-12-13-30-29-10-6-7-11-31(29)39(32(30)22-27)33-18-24(3)14-17-37-33;/h6-7,10-14,17-20,23H,8-9,15-16H2,1-5H3;/q-2;+2/t35-,36+;/m1./s1. The van der Waals surface area contributed by atoms with Crippen LogP contribution in [0, 0.1) is 19.1 Å². The molecule has 0 N–H and O–H groups in total. The summed E-state index contributed by atoms with van der Waals surface area (Å²) in [5.41, 5.74) is 4.69. The van der Waals surface area contributed by atoms with Crippen LogP contribution in [0.15, 0.2) is 71.9 Å². The maximum Gasteiger partial charge on any atom is 2.00 e. The van der Waals surface area contributed by atoms with E-state index in [0.717, 1.165) is 57.2 Å². The quantitative estimate of drug-likeness (QED) is 0.170. The van der Waals surface area contributed by atoms with Gasteiger partial charge in [-0.25, -0.2) is 4.98 Å². The Kier molecular flexibility index (Phi) is 7.30. The minimum absolute atomic E-state index is 0. The van der Waals surface area contributed by atoms with Crippen LogP contribution in [0.1, 0.15) is 76.0 Å². The zero-order valence-electron chi connectivity index (χ0n) is 24.7. The maximum absolute atomic E-state index is 6.59. The first kappa shape index (κ1) is 28.7. The molecule has 1 aliphatic heterocycles. The second-order valence-electron chi connectivity index (χ2n) is 12.3. The van der Waals surface area contributed by atoms with E-state index in [1.807, 2.05) is 18.3 Å². The molecule has 216 valence electrons. The third-order valence-electron chi connectivity index (χ3n) is 9.05. The van der Waals surface area contributed by atoms with E-state index in [1.165, 1.54) is 12.8 Å². The molecule has 2 atom stereocenters. The Balaban J connectivity index is 0.00000316. The van der Waals surface area contributed by atoms with Crippen LogP contribution < -0.4 is 4.74 Å². The van der Waals surface area contributed by atoms with Gasteiger partial charge in [0.1, 0.15) is 17.3 Å². The van der Waals surface area contributed by atoms with E-state index in [2.05, 4.69) is 99.8 Å². The predicted molar refractivity (Wildman–Crippen MR) is 164 cm³/mol. The van der Waals surface area contributed by atoms with Crippen molar-refractivity contribution in [3.05, 3.63) is 95.7 Å². The number of fused-ring (bicyclic) bond motifs is 4. The van der Waals surface area contributed by atoms with Crippen molar-refractivity contribution < 1.29 is 30.5 Å². The van der Waals surface area contributed by atoms with E-state index < -0.39 is 0 Å². The first-order chi connectivity index (χ1) is 19.7. The average Bonchev–Trinajstić information content (AvgIpc) is 3.43. The third kappa shape index (κ3) is 4.76. The summed E-state index contributed by atoms with van der Waals surface area (Å²) in [6.07, 6.45) is 6.27. The molecule has 5 aromatic rings. The Morgan fingerprint density at radius 2 is 1.74 bits per heavy atom. The Morgan fingerprint density at radius 1 is 0.929 bits per heavy atom. The molecule has 0 radical (unpaired) electrons. The molecular weight excluding hydrogens is 701 g/mol. The fraction of sp³-hybridized carbons (Fsp3) is 0.333. The topological polar surface area (TPSA) is 48.6 Å². The van der Waals surface area contributed by atoms with Gasteiger partial charge in [-0.3, -0.25) is 4.99 Å². The molecule has 7 rings (SSSR count). The molecule has 5 nitrogen and oxygen atoms in total. The number of hydrogen-bond donors (Lipinski definition) is 0. The van der Waals surface area contributed by atoms with Crippen molar-refractivity contribution in [2.45, 2.75) is 77.4 Å². The molecule has 3 heterocycles. The van der Waals surface area contributed by atoms with E-state index in [1.54, 1.807) is 0 Å². The van der Waals surface area contributed by atoms with Gasteiger partial charge in [-0.15, -0.1) is 29.1 Å². The van der Waals surface area contributed by atoms with Gasteiger partial charge in [0, 0.05) is 23.2 Å². The molecule has 0 saturated heterocycles. The van der Waals surface area contributed by atoms with Gasteiger partial charge < -0.3 is 14.0 Å². The van der Waals surface area contributed by atoms with E-state index in [4.69, 9.17) is 19.5 Å². The van der Waals surface area contributed by atoms with Gasteiger partial charge in [0.2, 0.25) is 0 Å². The van der Waals surface area contributed by atoms with Crippen molar-refractivity contribution in [2.75, 3.05) is 0 Å². The number of nitrogens with zero attached hydrogens (tertiary/aromatic N) is 3. The van der Waals surface area contributed by atoms with Crippen LogP contribution in [0.3, 0.4) is 0 Å². The summed E-state index contributed by atoms with van der Waals surface area (Å²) in [6, 6.07) is 27.9. The van der Waals surface area contributed by atoms with Crippen LogP contribution in [0.5, 0.6) is 11.5 Å². The summed E-state index contributed by atoms with van der Waals surface area (Å²) in [7, 11) is 0. The van der Waals surface area contributed by atoms with Gasteiger partial charge in [-0.2, -0.15) is 6.07 Å². The van der Waals surface area contributed by atoms with Crippen molar-refractivity contribution in [3.8, 4) is 17.3 Å². The van der Waals surface area contributed by atoms with Gasteiger partial charge in [0.15, 0.2) is 0 Å². The molecule has 0 unspecified atom stereocenters. The molecular formula is C36H35N3O2Pt. The first-order valence-electron chi connectivity index (χ1n) is 14.7. The first-order valence-corrected chi connectivity index (χ1v) is 14.7. The number of aromatic nitrogens is 2. The number of pyridine rings is 1. The zero-order chi connectivity index (χ0) is 28.4. The van der Waals surface area contributed by atoms with Gasteiger partial charge in [0.05, 0.1) is 5.54 Å². The molecule has 0 spiro atoms. The van der Waals surface area contributed by atoms with Gasteiger partial charge in [-0.05, 0) is 75.1 Å². The normalized spacial score (nSPS) is 21.6. The SMILES string of the molecule is Cc1ccnc(-n2c3[c-]c(Oc4[c-]c(C5=N[C@]6(C)CCCC[C@]6(C)O5)cc(C(C)C)c4)ccc3c3ccccc32)c1.[Pt+2]. The molecule has 2 aliphatic rings. The van der Waals surface area contributed by atoms with Crippen LogP contribution in [0.25, 0.3) is 27.6 Å². The Hall–Kier alpha value is -3.43. The van der Waals surface area contributed by atoms with Crippen LogP contribution in [0.4, 0.5) is 0 Å². The Labute approximate surface area is 262 Å². The number of para-hydroxylation sites is 1. The van der Waals surface area contributed by atoms with Crippen molar-refractivity contribution >= 4 is 27.7 Å². The van der Waals surface area contributed by atoms with Crippen molar-refractivity contribution in [2.24, 2.45) is 4.99 Å². The third-order valence-corrected chi connectivity index (χ3v) is 9.05. The monoisotopic (exact) mass is 736 g/mol. The zero-order valence-corrected chi connectivity index (χ0v) is 27.0. The second kappa shape index (κ2) is 10.7. The van der Waals surface area contributed by atoms with Crippen LogP contribution >= 0.6 is 0 Å². The molecule has 42 heavy (non-hydrogen) atoms. The smallest absolute Gasteiger partial charge is 0.512 e. The number of rotatable bonds is 5. The summed E-state index contributed by atoms with van der Waals surface area (Å²) < 4.78 is 15.3. The van der Waals surface area contributed by atoms with Crippen molar-refractivity contribution in [1.82, 2.24) is 9.55 Å². The van der Waals surface area contributed by atoms with Crippen LogP contribution in [-0.2, 0) is 25.8 Å². The number of aliphatic imine (C=N–C) groups is 1. The van der Waals surface area contributed by atoms with E-state index in [0.29, 0.717) is 23.3 Å². The predicted octanol–water partition coefficient (Wildman–Crippen LogP) is 8.87. The molecule has 3 aromatic carbocycles. The summed E-state index contributed by atoms with van der Waals surface area (Å²) >= 11 is 0. The summed E-state index contributed by atoms with van der Waals surface area (Å²) in [5.74, 6) is 3.10. The summed E-state index contributed by atoms with van der Waals surface area (Å²) in [4.78, 5) is 9.83. The number of ether oxygens (including phenoxy) is 2. The molecule has 0 amide bonds. The van der Waals surface area contributed by atoms with E-state index in [9.17, 15) is 0 Å². The van der Waals surface area contributed by atoms with Gasteiger partial charge in [-0.1, -0.05) is 61.7 Å². The van der Waals surface area contributed by atoms with E-state index >= 15 is 0 Å². The molecule has 1 saturated carbocycles. The fourth-order valence-corrected chi connectivity index (χ4v) is 6.38. The summed E-state index contributed by atoms with van der Waals surface area (Å²) in [6.45, 7) is 10.9. The maximum atomic E-state index is 6.59. The fourth-order valence-electron chi connectivity index (χ4n) is 6.38. The minimum atomic E-state index is -0.278. The molecule has 2 aromatic heterocycles.